The standard InChI is InChI=1S/C27H29N2O4S2/c1-2-18-35(30,31)29(17-5-6-21(19-28)20-29)22-9-11-23(12-10-22)32-26-7-3-4-8-27(26)33-24-13-15-25(34)16-14-24/h3-15,20H,2,16-19,28H2,1H3/q+1. The molecule has 0 spiro atoms. The number of hydrogen-bond acceptors (Lipinski definition) is 6. The van der Waals surface area contributed by atoms with Crippen LogP contribution in [0.2, 0.25) is 0 Å². The number of nitrogens with two attached hydrogens (primary N) is 1. The zero-order chi connectivity index (χ0) is 24.9. The molecule has 0 aromatic heterocycles. The number of sulfonamides is 1. The smallest absolute Gasteiger partial charge is 0.306 e. The fourth-order valence-electron chi connectivity index (χ4n) is 4.03. The number of hydrogen-bond donors (Lipinski definition) is 1. The molecule has 2 aromatic rings. The van der Waals surface area contributed by atoms with E-state index < -0.39 is 10.0 Å². The predicted molar refractivity (Wildman–Crippen MR) is 145 cm³/mol. The van der Waals surface area contributed by atoms with E-state index in [2.05, 4.69) is 0 Å². The molecule has 1 atom stereocenters. The summed E-state index contributed by atoms with van der Waals surface area (Å²) in [6, 6.07) is 14.6. The average Bonchev–Trinajstić information content (AvgIpc) is 2.87. The summed E-state index contributed by atoms with van der Waals surface area (Å²) in [7, 11) is -3.52. The maximum Gasteiger partial charge on any atom is 0.306 e. The van der Waals surface area contributed by atoms with Crippen LogP contribution in [0.4, 0.5) is 5.69 Å². The van der Waals surface area contributed by atoms with Crippen LogP contribution in [0.25, 0.3) is 0 Å². The third-order valence-electron chi connectivity index (χ3n) is 5.79. The molecule has 35 heavy (non-hydrogen) atoms. The van der Waals surface area contributed by atoms with Gasteiger partial charge in [0, 0.05) is 35.5 Å². The van der Waals surface area contributed by atoms with Gasteiger partial charge in [-0.2, -0.15) is 12.3 Å². The van der Waals surface area contributed by atoms with Crippen LogP contribution in [0, 0.1) is 0 Å². The van der Waals surface area contributed by atoms with Crippen LogP contribution in [0.15, 0.2) is 96.4 Å². The van der Waals surface area contributed by atoms with Crippen LogP contribution in [0.1, 0.15) is 19.8 Å². The Labute approximate surface area is 212 Å². The van der Waals surface area contributed by atoms with Crippen molar-refractivity contribution in [2.75, 3.05) is 18.8 Å². The topological polar surface area (TPSA) is 78.6 Å². The molecule has 6 nitrogen and oxygen atoms in total. The van der Waals surface area contributed by atoms with Gasteiger partial charge in [-0.3, -0.25) is 0 Å². The van der Waals surface area contributed by atoms with Crippen LogP contribution in [-0.4, -0.2) is 32.1 Å². The molecule has 0 fully saturated rings. The Morgan fingerprint density at radius 2 is 1.71 bits per heavy atom. The first-order valence-electron chi connectivity index (χ1n) is 11.5. The number of quaternary nitrogens is 1. The van der Waals surface area contributed by atoms with E-state index in [0.29, 0.717) is 48.1 Å². The van der Waals surface area contributed by atoms with Crippen LogP contribution in [0.5, 0.6) is 17.2 Å². The van der Waals surface area contributed by atoms with Gasteiger partial charge in [-0.05, 0) is 55.0 Å². The van der Waals surface area contributed by atoms with Crippen molar-refractivity contribution in [3.63, 3.8) is 0 Å². The number of ether oxygens (including phenoxy) is 2. The Kier molecular flexibility index (Phi) is 7.66. The Hall–Kier alpha value is -3.04. The van der Waals surface area contributed by atoms with Gasteiger partial charge in [0.2, 0.25) is 0 Å². The largest absolute Gasteiger partial charge is 0.454 e. The second-order valence-electron chi connectivity index (χ2n) is 8.33. The van der Waals surface area contributed by atoms with Gasteiger partial charge < -0.3 is 15.2 Å². The third kappa shape index (κ3) is 5.46. The summed E-state index contributed by atoms with van der Waals surface area (Å²) in [5.41, 5.74) is 7.27. The van der Waals surface area contributed by atoms with Gasteiger partial charge in [-0.1, -0.05) is 37.4 Å². The molecule has 2 N–H and O–H groups in total. The minimum absolute atomic E-state index is 0.0766. The van der Waals surface area contributed by atoms with Gasteiger partial charge in [0.15, 0.2) is 17.2 Å². The molecule has 1 aliphatic carbocycles. The Morgan fingerprint density at radius 1 is 1.00 bits per heavy atom. The van der Waals surface area contributed by atoms with Crippen LogP contribution in [-0.2, 0) is 10.0 Å². The molecule has 0 radical (unpaired) electrons. The van der Waals surface area contributed by atoms with E-state index >= 15 is 0 Å². The highest BCUT2D eigenvalue weighted by molar-refractivity contribution is 7.91. The van der Waals surface area contributed by atoms with Gasteiger partial charge in [-0.15, -0.1) is 0 Å². The van der Waals surface area contributed by atoms with Crippen molar-refractivity contribution in [1.82, 2.24) is 3.89 Å². The first kappa shape index (κ1) is 25.1. The highest BCUT2D eigenvalue weighted by Gasteiger charge is 2.42. The predicted octanol–water partition coefficient (Wildman–Crippen LogP) is 5.53. The van der Waals surface area contributed by atoms with E-state index in [1.165, 1.54) is 0 Å². The minimum Gasteiger partial charge on any atom is -0.454 e. The van der Waals surface area contributed by atoms with Gasteiger partial charge in [0.25, 0.3) is 0 Å². The van der Waals surface area contributed by atoms with Crippen LogP contribution in [0.3, 0.4) is 0 Å². The molecule has 182 valence electrons. The summed E-state index contributed by atoms with van der Waals surface area (Å²) in [6.07, 6.45) is 12.3. The quantitative estimate of drug-likeness (QED) is 0.354. The van der Waals surface area contributed by atoms with Crippen LogP contribution < -0.4 is 19.1 Å². The average molecular weight is 510 g/mol. The van der Waals surface area contributed by atoms with E-state index in [4.69, 9.17) is 27.4 Å². The van der Waals surface area contributed by atoms with E-state index in [1.54, 1.807) is 30.5 Å². The van der Waals surface area contributed by atoms with Gasteiger partial charge >= 0.3 is 10.0 Å². The number of thiocarbonyl (C=S) groups is 1. The molecule has 1 unspecified atom stereocenters. The Morgan fingerprint density at radius 3 is 2.34 bits per heavy atom. The third-order valence-corrected chi connectivity index (χ3v) is 8.48. The van der Waals surface area contributed by atoms with Gasteiger partial charge in [0.05, 0.1) is 0 Å². The molecule has 4 rings (SSSR count). The van der Waals surface area contributed by atoms with Crippen molar-refractivity contribution in [3.05, 3.63) is 96.4 Å². The fourth-order valence-corrected chi connectivity index (χ4v) is 6.07. The molecule has 2 aliphatic rings. The molecule has 1 heterocycles. The van der Waals surface area contributed by atoms with Gasteiger partial charge in [-0.25, -0.2) is 0 Å². The van der Waals surface area contributed by atoms with E-state index in [9.17, 15) is 8.42 Å². The molecule has 1 aliphatic heterocycles. The summed E-state index contributed by atoms with van der Waals surface area (Å²) < 4.78 is 38.6. The number of rotatable bonds is 9. The highest BCUT2D eigenvalue weighted by Crippen LogP contribution is 2.37. The maximum absolute atomic E-state index is 13.4. The number of allylic oxidation sites excluding steroid dienone is 3. The summed E-state index contributed by atoms with van der Waals surface area (Å²) in [5, 5.41) is 0. The normalized spacial score (nSPS) is 19.8. The lowest BCUT2D eigenvalue weighted by Gasteiger charge is -2.34. The van der Waals surface area contributed by atoms with E-state index in [1.807, 2.05) is 61.6 Å². The summed E-state index contributed by atoms with van der Waals surface area (Å²) in [6.45, 7) is 2.45. The summed E-state index contributed by atoms with van der Waals surface area (Å²) in [4.78, 5) is 0.862. The first-order valence-corrected chi connectivity index (χ1v) is 13.5. The fraction of sp³-hybridized carbons (Fsp3) is 0.222. The Balaban J connectivity index is 1.61. The second-order valence-corrected chi connectivity index (χ2v) is 11.1. The molecule has 0 bridgehead atoms. The van der Waals surface area contributed by atoms with E-state index in [-0.39, 0.29) is 16.2 Å². The van der Waals surface area contributed by atoms with E-state index in [0.717, 1.165) is 10.4 Å². The van der Waals surface area contributed by atoms with Crippen molar-refractivity contribution >= 4 is 32.8 Å². The van der Waals surface area contributed by atoms with Gasteiger partial charge in [0.1, 0.15) is 30.0 Å². The van der Waals surface area contributed by atoms with Crippen molar-refractivity contribution in [1.29, 1.82) is 0 Å². The molecule has 0 amide bonds. The lowest BCUT2D eigenvalue weighted by molar-refractivity contribution is 0.397. The Bertz CT molecular complexity index is 1330. The summed E-state index contributed by atoms with van der Waals surface area (Å²) in [5.74, 6) is 2.48. The zero-order valence-electron chi connectivity index (χ0n) is 19.6. The second kappa shape index (κ2) is 10.7. The number of benzene rings is 2. The zero-order valence-corrected chi connectivity index (χ0v) is 21.2. The highest BCUT2D eigenvalue weighted by atomic mass is 32.2. The number of nitrogens with zero attached hydrogens (tertiary/aromatic N) is 1. The molecule has 0 saturated carbocycles. The summed E-state index contributed by atoms with van der Waals surface area (Å²) >= 11 is 5.19. The monoisotopic (exact) mass is 509 g/mol. The number of para-hydroxylation sites is 2. The van der Waals surface area contributed by atoms with Crippen molar-refractivity contribution in [2.45, 2.75) is 19.8 Å². The minimum atomic E-state index is -3.52. The molecule has 0 saturated heterocycles. The SMILES string of the molecule is CCCS(=O)(=O)[N+]1(c2ccc(Oc3ccccc3OC3=CCC(=S)C=C3)cc2)C=C(CN)C=CC1. The van der Waals surface area contributed by atoms with Crippen LogP contribution >= 0.6 is 12.2 Å². The van der Waals surface area contributed by atoms with Crippen molar-refractivity contribution in [2.24, 2.45) is 5.73 Å². The molecule has 8 heteroatoms. The first-order chi connectivity index (χ1) is 16.9. The molecular formula is C27H29N2O4S2+. The maximum atomic E-state index is 13.4. The lowest BCUT2D eigenvalue weighted by Crippen LogP contribution is -2.52. The van der Waals surface area contributed by atoms with Crippen molar-refractivity contribution < 1.29 is 17.9 Å². The van der Waals surface area contributed by atoms with Crippen molar-refractivity contribution in [3.8, 4) is 17.2 Å². The lowest BCUT2D eigenvalue weighted by atomic mass is 10.2. The molecule has 2 aromatic carbocycles. The molecular weight excluding hydrogens is 480 g/mol.